The summed E-state index contributed by atoms with van der Waals surface area (Å²) < 4.78 is 38.3. The Morgan fingerprint density at radius 3 is 2.96 bits per heavy atom. The number of fused-ring (bicyclic) bond motifs is 1. The summed E-state index contributed by atoms with van der Waals surface area (Å²) in [5.41, 5.74) is 0. The van der Waals surface area contributed by atoms with Crippen LogP contribution in [0.15, 0.2) is 22.8 Å². The topological polar surface area (TPSA) is 63.0 Å². The lowest BCUT2D eigenvalue weighted by Gasteiger charge is -2.34. The first-order chi connectivity index (χ1) is 11.0. The van der Waals surface area contributed by atoms with E-state index in [1.807, 2.05) is 26.1 Å². The number of rotatable bonds is 6. The molecule has 6 nitrogen and oxygen atoms in total. The third-order valence-corrected chi connectivity index (χ3v) is 6.88. The molecule has 2 aliphatic rings. The highest BCUT2D eigenvalue weighted by Gasteiger charge is 2.49. The van der Waals surface area contributed by atoms with E-state index in [1.165, 1.54) is 0 Å². The van der Waals surface area contributed by atoms with Gasteiger partial charge in [-0.15, -0.1) is 0 Å². The molecule has 0 aliphatic carbocycles. The van der Waals surface area contributed by atoms with Gasteiger partial charge in [-0.3, -0.25) is 4.90 Å². The molecule has 0 unspecified atom stereocenters. The van der Waals surface area contributed by atoms with Crippen LogP contribution >= 0.6 is 0 Å². The van der Waals surface area contributed by atoms with E-state index in [-0.39, 0.29) is 23.9 Å². The fraction of sp³-hybridized carbons (Fsp3) is 0.750. The Morgan fingerprint density at radius 1 is 1.43 bits per heavy atom. The van der Waals surface area contributed by atoms with Crippen LogP contribution in [0.2, 0.25) is 0 Å². The molecule has 23 heavy (non-hydrogen) atoms. The summed E-state index contributed by atoms with van der Waals surface area (Å²) in [6, 6.07) is 3.85. The van der Waals surface area contributed by atoms with E-state index in [2.05, 4.69) is 4.90 Å². The zero-order chi connectivity index (χ0) is 16.4. The summed E-state index contributed by atoms with van der Waals surface area (Å²) in [7, 11) is -1.19. The van der Waals surface area contributed by atoms with Gasteiger partial charge in [-0.2, -0.15) is 4.31 Å². The SMILES string of the molecule is CCCS(=O)(=O)N1C[C@@H](N(C)Cc2ccco2)[C@H]2OCCC[C@H]21. The van der Waals surface area contributed by atoms with Gasteiger partial charge in [0, 0.05) is 13.2 Å². The highest BCUT2D eigenvalue weighted by atomic mass is 32.2. The van der Waals surface area contributed by atoms with Gasteiger partial charge in [0.25, 0.3) is 0 Å². The Bertz CT molecular complexity index is 602. The number of nitrogens with zero attached hydrogens (tertiary/aromatic N) is 2. The number of ether oxygens (including phenoxy) is 1. The zero-order valence-corrected chi connectivity index (χ0v) is 14.7. The Morgan fingerprint density at radius 2 is 2.26 bits per heavy atom. The van der Waals surface area contributed by atoms with Crippen LogP contribution in [0.1, 0.15) is 31.9 Å². The summed E-state index contributed by atoms with van der Waals surface area (Å²) in [4.78, 5) is 2.16. The van der Waals surface area contributed by atoms with Gasteiger partial charge in [0.15, 0.2) is 0 Å². The van der Waals surface area contributed by atoms with Crippen LogP contribution in [0.5, 0.6) is 0 Å². The molecule has 130 valence electrons. The second kappa shape index (κ2) is 6.93. The summed E-state index contributed by atoms with van der Waals surface area (Å²) in [5.74, 6) is 1.10. The fourth-order valence-corrected chi connectivity index (χ4v) is 5.51. The number of hydrogen-bond donors (Lipinski definition) is 0. The molecule has 0 spiro atoms. The molecule has 0 bridgehead atoms. The Kier molecular flexibility index (Phi) is 5.10. The number of hydrogen-bond acceptors (Lipinski definition) is 5. The lowest BCUT2D eigenvalue weighted by Crippen LogP contribution is -2.46. The lowest BCUT2D eigenvalue weighted by molar-refractivity contribution is -0.0325. The maximum absolute atomic E-state index is 12.6. The molecule has 2 fully saturated rings. The summed E-state index contributed by atoms with van der Waals surface area (Å²) in [6.07, 6.45) is 4.07. The van der Waals surface area contributed by atoms with Gasteiger partial charge < -0.3 is 9.15 Å². The molecule has 1 aromatic heterocycles. The van der Waals surface area contributed by atoms with E-state index in [9.17, 15) is 8.42 Å². The summed E-state index contributed by atoms with van der Waals surface area (Å²) in [6.45, 7) is 3.79. The van der Waals surface area contributed by atoms with Crippen LogP contribution in [-0.4, -0.2) is 61.8 Å². The van der Waals surface area contributed by atoms with Crippen molar-refractivity contribution in [2.75, 3.05) is 26.0 Å². The van der Waals surface area contributed by atoms with Crippen molar-refractivity contribution in [3.8, 4) is 0 Å². The third-order valence-electron chi connectivity index (χ3n) is 4.82. The van der Waals surface area contributed by atoms with E-state index in [0.717, 1.165) is 18.6 Å². The maximum atomic E-state index is 12.6. The highest BCUT2D eigenvalue weighted by molar-refractivity contribution is 7.89. The predicted octanol–water partition coefficient (Wildman–Crippen LogP) is 1.68. The van der Waals surface area contributed by atoms with Gasteiger partial charge >= 0.3 is 0 Å². The van der Waals surface area contributed by atoms with E-state index in [1.54, 1.807) is 10.6 Å². The van der Waals surface area contributed by atoms with E-state index >= 15 is 0 Å². The van der Waals surface area contributed by atoms with Gasteiger partial charge in [0.1, 0.15) is 5.76 Å². The number of furan rings is 1. The second-order valence-electron chi connectivity index (χ2n) is 6.49. The first-order valence-electron chi connectivity index (χ1n) is 8.36. The van der Waals surface area contributed by atoms with Crippen LogP contribution < -0.4 is 0 Å². The van der Waals surface area contributed by atoms with Crippen molar-refractivity contribution in [2.24, 2.45) is 0 Å². The fourth-order valence-electron chi connectivity index (χ4n) is 3.74. The van der Waals surface area contributed by atoms with Crippen molar-refractivity contribution in [3.63, 3.8) is 0 Å². The number of likely N-dealkylation sites (N-methyl/N-ethyl adjacent to an activating group) is 1. The average Bonchev–Trinajstić information content (AvgIpc) is 3.14. The minimum atomic E-state index is -3.21. The molecule has 3 atom stereocenters. The van der Waals surface area contributed by atoms with Crippen molar-refractivity contribution in [3.05, 3.63) is 24.2 Å². The van der Waals surface area contributed by atoms with Gasteiger partial charge in [-0.05, 0) is 38.4 Å². The first kappa shape index (κ1) is 17.0. The molecule has 0 radical (unpaired) electrons. The third kappa shape index (κ3) is 3.47. The van der Waals surface area contributed by atoms with Gasteiger partial charge in [-0.1, -0.05) is 6.92 Å². The molecule has 0 saturated carbocycles. The molecular weight excluding hydrogens is 316 g/mol. The zero-order valence-electron chi connectivity index (χ0n) is 13.8. The van der Waals surface area contributed by atoms with Crippen LogP contribution in [0.3, 0.4) is 0 Å². The molecule has 0 amide bonds. The molecule has 3 rings (SSSR count). The Hall–Kier alpha value is -0.890. The molecule has 2 aliphatic heterocycles. The van der Waals surface area contributed by atoms with Gasteiger partial charge in [0.2, 0.25) is 10.0 Å². The Balaban J connectivity index is 1.78. The molecule has 7 heteroatoms. The molecule has 1 aromatic rings. The molecule has 0 N–H and O–H groups in total. The minimum Gasteiger partial charge on any atom is -0.468 e. The monoisotopic (exact) mass is 342 g/mol. The maximum Gasteiger partial charge on any atom is 0.214 e. The minimum absolute atomic E-state index is 0.0237. The van der Waals surface area contributed by atoms with Gasteiger partial charge in [0.05, 0.1) is 36.7 Å². The predicted molar refractivity (Wildman–Crippen MR) is 87.5 cm³/mol. The number of sulfonamides is 1. The van der Waals surface area contributed by atoms with E-state index < -0.39 is 10.0 Å². The van der Waals surface area contributed by atoms with Crippen LogP contribution in [0.4, 0.5) is 0 Å². The molecular formula is C16H26N2O4S. The van der Waals surface area contributed by atoms with Gasteiger partial charge in [-0.25, -0.2) is 8.42 Å². The lowest BCUT2D eigenvalue weighted by atomic mass is 10.0. The van der Waals surface area contributed by atoms with Crippen molar-refractivity contribution >= 4 is 10.0 Å². The average molecular weight is 342 g/mol. The van der Waals surface area contributed by atoms with Crippen molar-refractivity contribution in [1.29, 1.82) is 0 Å². The molecule has 0 aromatic carbocycles. The quantitative estimate of drug-likeness (QED) is 0.787. The largest absolute Gasteiger partial charge is 0.468 e. The highest BCUT2D eigenvalue weighted by Crippen LogP contribution is 2.34. The Labute approximate surface area is 138 Å². The molecule has 2 saturated heterocycles. The van der Waals surface area contributed by atoms with E-state index in [0.29, 0.717) is 26.1 Å². The van der Waals surface area contributed by atoms with Crippen LogP contribution in [0.25, 0.3) is 0 Å². The van der Waals surface area contributed by atoms with Crippen molar-refractivity contribution in [1.82, 2.24) is 9.21 Å². The van der Waals surface area contributed by atoms with Crippen LogP contribution in [0, 0.1) is 0 Å². The standard InChI is InChI=1S/C16H26N2O4S/c1-3-10-23(19,20)18-12-15(16-14(18)7-5-9-22-16)17(2)11-13-6-4-8-21-13/h4,6,8,14-16H,3,5,7,9-12H2,1-2H3/t14-,15-,16+/m1/s1. The molecule has 3 heterocycles. The first-order valence-corrected chi connectivity index (χ1v) is 9.97. The van der Waals surface area contributed by atoms with Crippen molar-refractivity contribution in [2.45, 2.75) is 50.9 Å². The normalized spacial score (nSPS) is 29.1. The van der Waals surface area contributed by atoms with Crippen LogP contribution in [-0.2, 0) is 21.3 Å². The van der Waals surface area contributed by atoms with Crippen molar-refractivity contribution < 1.29 is 17.6 Å². The summed E-state index contributed by atoms with van der Waals surface area (Å²) >= 11 is 0. The smallest absolute Gasteiger partial charge is 0.214 e. The van der Waals surface area contributed by atoms with E-state index in [4.69, 9.17) is 9.15 Å². The second-order valence-corrected chi connectivity index (χ2v) is 8.53. The summed E-state index contributed by atoms with van der Waals surface area (Å²) in [5, 5.41) is 0.